The molecule has 4 heteroatoms. The number of aryl methyl sites for hydroxylation is 2. The van der Waals surface area contributed by atoms with Gasteiger partial charge in [0.1, 0.15) is 0 Å². The van der Waals surface area contributed by atoms with E-state index in [-0.39, 0.29) is 0 Å². The van der Waals surface area contributed by atoms with Crippen LogP contribution in [0.2, 0.25) is 0 Å². The molecule has 0 aliphatic heterocycles. The lowest BCUT2D eigenvalue weighted by atomic mass is 10.1. The predicted octanol–water partition coefficient (Wildman–Crippen LogP) is 3.75. The zero-order chi connectivity index (χ0) is 13.2. The molecule has 1 heterocycles. The van der Waals surface area contributed by atoms with E-state index in [1.807, 2.05) is 6.20 Å². The van der Waals surface area contributed by atoms with Crippen molar-refractivity contribution < 1.29 is 0 Å². The van der Waals surface area contributed by atoms with Gasteiger partial charge in [-0.15, -0.1) is 5.10 Å². The van der Waals surface area contributed by atoms with E-state index in [0.29, 0.717) is 0 Å². The van der Waals surface area contributed by atoms with Gasteiger partial charge in [0.05, 0.1) is 11.9 Å². The van der Waals surface area contributed by atoms with Crippen LogP contribution < -0.4 is 0 Å². The first kappa shape index (κ1) is 15.5. The van der Waals surface area contributed by atoms with E-state index in [9.17, 15) is 0 Å². The highest BCUT2D eigenvalue weighted by molar-refractivity contribution is 7.80. The van der Waals surface area contributed by atoms with Gasteiger partial charge in [-0.3, -0.25) is 0 Å². The fourth-order valence-corrected chi connectivity index (χ4v) is 2.22. The Labute approximate surface area is 117 Å². The van der Waals surface area contributed by atoms with Gasteiger partial charge in [-0.05, 0) is 37.4 Å². The number of hydrogen-bond donors (Lipinski definition) is 1. The Morgan fingerprint density at radius 1 is 1.17 bits per heavy atom. The van der Waals surface area contributed by atoms with Crippen LogP contribution in [0, 0.1) is 5.92 Å². The molecule has 0 N–H and O–H groups in total. The van der Waals surface area contributed by atoms with Gasteiger partial charge in [-0.2, -0.15) is 12.6 Å². The summed E-state index contributed by atoms with van der Waals surface area (Å²) in [6, 6.07) is 0. The molecule has 0 amide bonds. The van der Waals surface area contributed by atoms with Crippen LogP contribution in [-0.4, -0.2) is 20.7 Å². The molecule has 0 saturated carbocycles. The van der Waals surface area contributed by atoms with E-state index in [4.69, 9.17) is 0 Å². The highest BCUT2D eigenvalue weighted by atomic mass is 32.1. The average molecular weight is 269 g/mol. The minimum atomic E-state index is 0.745. The van der Waals surface area contributed by atoms with Crippen molar-refractivity contribution in [3.05, 3.63) is 11.9 Å². The third-order valence-corrected chi connectivity index (χ3v) is 3.52. The number of thiol groups is 1. The molecule has 1 aromatic rings. The minimum Gasteiger partial charge on any atom is -0.249 e. The van der Waals surface area contributed by atoms with Gasteiger partial charge < -0.3 is 0 Å². The van der Waals surface area contributed by atoms with Gasteiger partial charge in [-0.25, -0.2) is 4.68 Å². The maximum atomic E-state index is 4.23. The summed E-state index contributed by atoms with van der Waals surface area (Å²) in [5.41, 5.74) is 1.29. The topological polar surface area (TPSA) is 30.7 Å². The molecule has 0 aromatic carbocycles. The second-order valence-corrected chi connectivity index (χ2v) is 5.82. The highest BCUT2D eigenvalue weighted by Crippen LogP contribution is 2.10. The van der Waals surface area contributed by atoms with E-state index < -0.39 is 0 Å². The van der Waals surface area contributed by atoms with Crippen LogP contribution in [0.25, 0.3) is 0 Å². The molecule has 1 aromatic heterocycles. The van der Waals surface area contributed by atoms with E-state index in [1.165, 1.54) is 44.2 Å². The molecule has 0 aliphatic carbocycles. The highest BCUT2D eigenvalue weighted by Gasteiger charge is 2.04. The molecular formula is C14H27N3S. The first-order valence-electron chi connectivity index (χ1n) is 7.22. The Kier molecular flexibility index (Phi) is 8.14. The van der Waals surface area contributed by atoms with Crippen molar-refractivity contribution in [2.45, 2.75) is 65.3 Å². The van der Waals surface area contributed by atoms with Crippen LogP contribution in [-0.2, 0) is 13.0 Å². The Morgan fingerprint density at radius 3 is 2.61 bits per heavy atom. The SMILES string of the molecule is CC(C)CCc1cnnn1CCCCCCCS. The summed E-state index contributed by atoms with van der Waals surface area (Å²) < 4.78 is 2.08. The first-order valence-corrected chi connectivity index (χ1v) is 7.85. The smallest absolute Gasteiger partial charge is 0.0725 e. The summed E-state index contributed by atoms with van der Waals surface area (Å²) in [6.07, 6.45) is 10.6. The molecule has 0 unspecified atom stereocenters. The Hall–Kier alpha value is -0.510. The number of hydrogen-bond acceptors (Lipinski definition) is 3. The molecule has 0 atom stereocenters. The van der Waals surface area contributed by atoms with Crippen molar-refractivity contribution >= 4 is 12.6 Å². The molecular weight excluding hydrogens is 242 g/mol. The summed E-state index contributed by atoms with van der Waals surface area (Å²) in [5, 5.41) is 8.21. The fraction of sp³-hybridized carbons (Fsp3) is 0.857. The monoisotopic (exact) mass is 269 g/mol. The van der Waals surface area contributed by atoms with E-state index in [0.717, 1.165) is 24.6 Å². The fourth-order valence-electron chi connectivity index (χ4n) is 2.00. The van der Waals surface area contributed by atoms with E-state index in [1.54, 1.807) is 0 Å². The van der Waals surface area contributed by atoms with Gasteiger partial charge in [0.25, 0.3) is 0 Å². The summed E-state index contributed by atoms with van der Waals surface area (Å²) >= 11 is 4.23. The maximum absolute atomic E-state index is 4.23. The van der Waals surface area contributed by atoms with E-state index >= 15 is 0 Å². The molecule has 3 nitrogen and oxygen atoms in total. The number of aromatic nitrogens is 3. The molecule has 18 heavy (non-hydrogen) atoms. The van der Waals surface area contributed by atoms with Gasteiger partial charge in [0.2, 0.25) is 0 Å². The van der Waals surface area contributed by atoms with Crippen molar-refractivity contribution in [1.29, 1.82) is 0 Å². The van der Waals surface area contributed by atoms with Crippen molar-refractivity contribution in [2.75, 3.05) is 5.75 Å². The zero-order valence-electron chi connectivity index (χ0n) is 11.8. The van der Waals surface area contributed by atoms with Crippen LogP contribution in [0.1, 0.15) is 58.1 Å². The molecule has 0 bridgehead atoms. The molecule has 104 valence electrons. The van der Waals surface area contributed by atoms with Crippen molar-refractivity contribution in [2.24, 2.45) is 5.92 Å². The second-order valence-electron chi connectivity index (χ2n) is 5.37. The number of rotatable bonds is 10. The van der Waals surface area contributed by atoms with E-state index in [2.05, 4.69) is 41.5 Å². The van der Waals surface area contributed by atoms with Crippen LogP contribution in [0.5, 0.6) is 0 Å². The quantitative estimate of drug-likeness (QED) is 0.518. The molecule has 0 aliphatic rings. The summed E-state index contributed by atoms with van der Waals surface area (Å²) in [6.45, 7) is 5.54. The molecule has 1 rings (SSSR count). The van der Waals surface area contributed by atoms with Crippen LogP contribution >= 0.6 is 12.6 Å². The van der Waals surface area contributed by atoms with Crippen molar-refractivity contribution in [3.8, 4) is 0 Å². The lowest BCUT2D eigenvalue weighted by Crippen LogP contribution is -2.06. The second kappa shape index (κ2) is 9.42. The largest absolute Gasteiger partial charge is 0.249 e. The number of unbranched alkanes of at least 4 members (excludes halogenated alkanes) is 4. The Bertz CT molecular complexity index is 310. The zero-order valence-corrected chi connectivity index (χ0v) is 12.7. The summed E-state index contributed by atoms with van der Waals surface area (Å²) in [4.78, 5) is 0. The van der Waals surface area contributed by atoms with Gasteiger partial charge in [-0.1, -0.05) is 38.3 Å². The lowest BCUT2D eigenvalue weighted by Gasteiger charge is -2.07. The van der Waals surface area contributed by atoms with Crippen LogP contribution in [0.4, 0.5) is 0 Å². The molecule has 0 spiro atoms. The average Bonchev–Trinajstić information content (AvgIpc) is 2.78. The number of nitrogens with zero attached hydrogens (tertiary/aromatic N) is 3. The minimum absolute atomic E-state index is 0.745. The lowest BCUT2D eigenvalue weighted by molar-refractivity contribution is 0.493. The maximum Gasteiger partial charge on any atom is 0.0725 e. The van der Waals surface area contributed by atoms with Crippen LogP contribution in [0.3, 0.4) is 0 Å². The first-order chi connectivity index (χ1) is 8.74. The van der Waals surface area contributed by atoms with Crippen LogP contribution in [0.15, 0.2) is 6.20 Å². The summed E-state index contributed by atoms with van der Waals surface area (Å²) in [7, 11) is 0. The molecule has 0 radical (unpaired) electrons. The third kappa shape index (κ3) is 6.43. The van der Waals surface area contributed by atoms with Crippen molar-refractivity contribution in [3.63, 3.8) is 0 Å². The standard InChI is InChI=1S/C14H27N3S/c1-13(2)8-9-14-12-15-16-17(14)10-6-4-3-5-7-11-18/h12-13,18H,3-11H2,1-2H3. The van der Waals surface area contributed by atoms with Gasteiger partial charge in [0, 0.05) is 6.54 Å². The normalized spacial score (nSPS) is 11.3. The molecule has 0 fully saturated rings. The Morgan fingerprint density at radius 2 is 1.89 bits per heavy atom. The van der Waals surface area contributed by atoms with Gasteiger partial charge >= 0.3 is 0 Å². The van der Waals surface area contributed by atoms with Gasteiger partial charge in [0.15, 0.2) is 0 Å². The predicted molar refractivity (Wildman–Crippen MR) is 80.1 cm³/mol. The Balaban J connectivity index is 2.19. The third-order valence-electron chi connectivity index (χ3n) is 3.20. The summed E-state index contributed by atoms with van der Waals surface area (Å²) in [5.74, 6) is 1.76. The molecule has 0 saturated heterocycles. The van der Waals surface area contributed by atoms with Crippen molar-refractivity contribution in [1.82, 2.24) is 15.0 Å².